The summed E-state index contributed by atoms with van der Waals surface area (Å²) in [5.74, 6) is 1.02. The number of hydrogen-bond donors (Lipinski definition) is 1. The highest BCUT2D eigenvalue weighted by molar-refractivity contribution is 9.10. The van der Waals surface area contributed by atoms with E-state index in [2.05, 4.69) is 58.4 Å². The minimum atomic E-state index is -0.00995. The Morgan fingerprint density at radius 3 is 2.62 bits per heavy atom. The van der Waals surface area contributed by atoms with Crippen molar-refractivity contribution in [3.05, 3.63) is 63.6 Å². The number of halogens is 1. The number of fused-ring (bicyclic) bond motifs is 1. The third-order valence-corrected chi connectivity index (χ3v) is 5.30. The van der Waals surface area contributed by atoms with E-state index in [1.54, 1.807) is 0 Å². The molecular weight excluding hydrogens is 326 g/mol. The van der Waals surface area contributed by atoms with E-state index in [1.807, 2.05) is 0 Å². The molecule has 1 unspecified atom stereocenters. The molecule has 0 radical (unpaired) electrons. The molecule has 1 heterocycles. The molecule has 0 saturated heterocycles. The van der Waals surface area contributed by atoms with Crippen LogP contribution in [0.2, 0.25) is 0 Å². The summed E-state index contributed by atoms with van der Waals surface area (Å²) >= 11 is 3.62. The van der Waals surface area contributed by atoms with E-state index in [1.165, 1.54) is 11.1 Å². The van der Waals surface area contributed by atoms with E-state index in [0.717, 1.165) is 41.7 Å². The van der Waals surface area contributed by atoms with Gasteiger partial charge in [-0.15, -0.1) is 0 Å². The van der Waals surface area contributed by atoms with Crippen molar-refractivity contribution in [2.75, 3.05) is 6.61 Å². The molecule has 1 aliphatic carbocycles. The lowest BCUT2D eigenvalue weighted by molar-refractivity contribution is 0.348. The second-order valence-corrected chi connectivity index (χ2v) is 7.00. The average Bonchev–Trinajstić information content (AvgIpc) is 3.19. The van der Waals surface area contributed by atoms with Crippen LogP contribution in [-0.4, -0.2) is 6.61 Å². The Hall–Kier alpha value is -1.32. The fraction of sp³-hybridized carbons (Fsp3) is 0.333. The summed E-state index contributed by atoms with van der Waals surface area (Å²) in [6.45, 7) is 0.768. The molecule has 3 heteroatoms. The molecule has 2 aromatic carbocycles. The first kappa shape index (κ1) is 13.4. The van der Waals surface area contributed by atoms with Gasteiger partial charge in [0.25, 0.3) is 0 Å². The van der Waals surface area contributed by atoms with E-state index >= 15 is 0 Å². The zero-order valence-electron chi connectivity index (χ0n) is 11.8. The molecule has 1 aliphatic heterocycles. The number of benzene rings is 2. The van der Waals surface area contributed by atoms with Gasteiger partial charge < -0.3 is 10.5 Å². The van der Waals surface area contributed by atoms with E-state index < -0.39 is 0 Å². The summed E-state index contributed by atoms with van der Waals surface area (Å²) in [7, 11) is 0. The molecule has 2 aromatic rings. The van der Waals surface area contributed by atoms with Gasteiger partial charge >= 0.3 is 0 Å². The number of nitrogens with two attached hydrogens (primary N) is 1. The normalized spacial score (nSPS) is 19.7. The van der Waals surface area contributed by atoms with Gasteiger partial charge in [-0.1, -0.05) is 46.3 Å². The Balaban J connectivity index is 1.78. The maximum absolute atomic E-state index is 6.71. The Bertz CT molecular complexity index is 679. The van der Waals surface area contributed by atoms with Gasteiger partial charge in [-0.2, -0.15) is 0 Å². The topological polar surface area (TPSA) is 35.2 Å². The van der Waals surface area contributed by atoms with Crippen LogP contribution >= 0.6 is 15.9 Å². The molecule has 0 aromatic heterocycles. The third-order valence-electron chi connectivity index (χ3n) is 4.84. The minimum Gasteiger partial charge on any atom is -0.493 e. The van der Waals surface area contributed by atoms with Gasteiger partial charge in [0.1, 0.15) is 5.75 Å². The van der Waals surface area contributed by atoms with Crippen molar-refractivity contribution in [3.8, 4) is 5.75 Å². The molecule has 1 fully saturated rings. The first-order valence-corrected chi connectivity index (χ1v) is 8.26. The molecule has 2 N–H and O–H groups in total. The van der Waals surface area contributed by atoms with E-state index in [0.29, 0.717) is 0 Å². The summed E-state index contributed by atoms with van der Waals surface area (Å²) in [6, 6.07) is 14.9. The highest BCUT2D eigenvalue weighted by Crippen LogP contribution is 2.57. The molecule has 2 nitrogen and oxygen atoms in total. The second-order valence-electron chi connectivity index (χ2n) is 6.08. The zero-order chi connectivity index (χ0) is 14.4. The maximum atomic E-state index is 6.71. The lowest BCUT2D eigenvalue weighted by atomic mass is 9.83. The minimum absolute atomic E-state index is 0.00995. The monoisotopic (exact) mass is 343 g/mol. The Morgan fingerprint density at radius 2 is 1.90 bits per heavy atom. The Labute approximate surface area is 133 Å². The van der Waals surface area contributed by atoms with E-state index in [4.69, 9.17) is 10.5 Å². The fourth-order valence-corrected chi connectivity index (χ4v) is 4.03. The van der Waals surface area contributed by atoms with Crippen LogP contribution in [0.5, 0.6) is 5.75 Å². The van der Waals surface area contributed by atoms with Crippen LogP contribution < -0.4 is 10.5 Å². The maximum Gasteiger partial charge on any atom is 0.127 e. The van der Waals surface area contributed by atoms with Gasteiger partial charge in [-0.05, 0) is 36.1 Å². The van der Waals surface area contributed by atoms with Gasteiger partial charge in [-0.25, -0.2) is 0 Å². The van der Waals surface area contributed by atoms with Crippen LogP contribution in [0.3, 0.4) is 0 Å². The number of ether oxygens (including phenoxy) is 1. The summed E-state index contributed by atoms with van der Waals surface area (Å²) in [5, 5.41) is 0. The first-order valence-electron chi connectivity index (χ1n) is 7.47. The highest BCUT2D eigenvalue weighted by Gasteiger charge is 2.50. The molecule has 1 atom stereocenters. The van der Waals surface area contributed by atoms with Crippen molar-refractivity contribution >= 4 is 15.9 Å². The van der Waals surface area contributed by atoms with Crippen molar-refractivity contribution in [1.82, 2.24) is 0 Å². The summed E-state index contributed by atoms with van der Waals surface area (Å²) in [4.78, 5) is 0. The third kappa shape index (κ3) is 2.11. The van der Waals surface area contributed by atoms with Gasteiger partial charge in [0, 0.05) is 27.9 Å². The molecular formula is C18H18BrNO. The van der Waals surface area contributed by atoms with Crippen LogP contribution in [-0.2, 0) is 11.8 Å². The van der Waals surface area contributed by atoms with Gasteiger partial charge in [0.05, 0.1) is 6.61 Å². The molecule has 0 amide bonds. The van der Waals surface area contributed by atoms with Gasteiger partial charge in [-0.3, -0.25) is 0 Å². The second kappa shape index (κ2) is 4.85. The standard InChI is InChI=1S/C18H18BrNO/c19-14-10-12-6-9-21-16(12)15(11-14)17(20)18(7-8-18)13-4-2-1-3-5-13/h1-5,10-11,17H,6-9,20H2. The van der Waals surface area contributed by atoms with Crippen LogP contribution in [0.15, 0.2) is 46.9 Å². The zero-order valence-corrected chi connectivity index (χ0v) is 13.4. The van der Waals surface area contributed by atoms with E-state index in [-0.39, 0.29) is 11.5 Å². The van der Waals surface area contributed by atoms with Gasteiger partial charge in [0.2, 0.25) is 0 Å². The fourth-order valence-electron chi connectivity index (χ4n) is 3.51. The highest BCUT2D eigenvalue weighted by atomic mass is 79.9. The lowest BCUT2D eigenvalue weighted by Gasteiger charge is -2.26. The largest absolute Gasteiger partial charge is 0.493 e. The number of hydrogen-bond acceptors (Lipinski definition) is 2. The predicted molar refractivity (Wildman–Crippen MR) is 87.6 cm³/mol. The van der Waals surface area contributed by atoms with Crippen molar-refractivity contribution in [2.45, 2.75) is 30.7 Å². The summed E-state index contributed by atoms with van der Waals surface area (Å²) in [5.41, 5.74) is 10.6. The van der Waals surface area contributed by atoms with Crippen molar-refractivity contribution in [3.63, 3.8) is 0 Å². The smallest absolute Gasteiger partial charge is 0.127 e. The summed E-state index contributed by atoms with van der Waals surface area (Å²) < 4.78 is 6.96. The summed E-state index contributed by atoms with van der Waals surface area (Å²) in [6.07, 6.45) is 3.28. The van der Waals surface area contributed by atoms with Crippen LogP contribution in [0.1, 0.15) is 35.6 Å². The lowest BCUT2D eigenvalue weighted by Crippen LogP contribution is -2.26. The molecule has 2 aliphatic rings. The van der Waals surface area contributed by atoms with Crippen LogP contribution in [0.25, 0.3) is 0 Å². The van der Waals surface area contributed by atoms with Crippen LogP contribution in [0, 0.1) is 0 Å². The Kier molecular flexibility index (Phi) is 3.09. The SMILES string of the molecule is NC(c1cc(Br)cc2c1OCC2)C1(c2ccccc2)CC1. The van der Waals surface area contributed by atoms with Crippen LogP contribution in [0.4, 0.5) is 0 Å². The van der Waals surface area contributed by atoms with E-state index in [9.17, 15) is 0 Å². The van der Waals surface area contributed by atoms with Crippen molar-refractivity contribution in [1.29, 1.82) is 0 Å². The molecule has 108 valence electrons. The molecule has 0 bridgehead atoms. The first-order chi connectivity index (χ1) is 10.2. The molecule has 0 spiro atoms. The molecule has 21 heavy (non-hydrogen) atoms. The van der Waals surface area contributed by atoms with Crippen molar-refractivity contribution < 1.29 is 4.74 Å². The van der Waals surface area contributed by atoms with Gasteiger partial charge in [0.15, 0.2) is 0 Å². The van der Waals surface area contributed by atoms with Crippen molar-refractivity contribution in [2.24, 2.45) is 5.73 Å². The predicted octanol–water partition coefficient (Wildman–Crippen LogP) is 4.12. The quantitative estimate of drug-likeness (QED) is 0.909. The molecule has 1 saturated carbocycles. The molecule has 4 rings (SSSR count). The average molecular weight is 344 g/mol. The Morgan fingerprint density at radius 1 is 1.14 bits per heavy atom. The number of rotatable bonds is 3.